The number of anilines is 1. The maximum Gasteiger partial charge on any atom is 0.104 e. The molecule has 1 unspecified atom stereocenters. The lowest BCUT2D eigenvalue weighted by Crippen LogP contribution is -2.25. The van der Waals surface area contributed by atoms with E-state index < -0.39 is 6.17 Å². The van der Waals surface area contributed by atoms with Crippen LogP contribution in [-0.4, -0.2) is 5.21 Å². The van der Waals surface area contributed by atoms with Gasteiger partial charge in [-0.1, -0.05) is 55.1 Å². The molecule has 2 rings (SSSR count). The Morgan fingerprint density at radius 2 is 1.95 bits per heavy atom. The van der Waals surface area contributed by atoms with E-state index in [0.717, 1.165) is 22.3 Å². The first-order valence-electron chi connectivity index (χ1n) is 6.59. The molecular formula is C17H19N3O. The smallest absolute Gasteiger partial charge is 0.104 e. The number of para-hydroxylation sites is 1. The lowest BCUT2D eigenvalue weighted by Gasteiger charge is -2.10. The fourth-order valence-electron chi connectivity index (χ4n) is 2.01. The molecule has 2 aromatic carbocycles. The molecule has 1 atom stereocenters. The van der Waals surface area contributed by atoms with Crippen LogP contribution < -0.4 is 16.9 Å². The zero-order valence-corrected chi connectivity index (χ0v) is 11.7. The van der Waals surface area contributed by atoms with E-state index >= 15 is 0 Å². The van der Waals surface area contributed by atoms with Gasteiger partial charge in [0.2, 0.25) is 0 Å². The molecule has 0 radical (unpaired) electrons. The van der Waals surface area contributed by atoms with Gasteiger partial charge < -0.3 is 16.7 Å². The Morgan fingerprint density at radius 3 is 2.67 bits per heavy atom. The molecule has 108 valence electrons. The van der Waals surface area contributed by atoms with E-state index in [1.54, 1.807) is 0 Å². The maximum absolute atomic E-state index is 8.86. The molecule has 0 aromatic heterocycles. The molecule has 4 nitrogen and oxygen atoms in total. The summed E-state index contributed by atoms with van der Waals surface area (Å²) < 4.78 is 0. The molecule has 0 saturated carbocycles. The number of rotatable bonds is 5. The summed E-state index contributed by atoms with van der Waals surface area (Å²) in [5, 5.41) is 8.86. The van der Waals surface area contributed by atoms with Crippen LogP contribution in [0.4, 0.5) is 5.69 Å². The third kappa shape index (κ3) is 3.79. The largest absolute Gasteiger partial charge is 0.398 e. The quantitative estimate of drug-likeness (QED) is 0.294. The topological polar surface area (TPSA) is 84.3 Å². The van der Waals surface area contributed by atoms with Gasteiger partial charge in [0.25, 0.3) is 0 Å². The van der Waals surface area contributed by atoms with Gasteiger partial charge in [-0.2, -0.15) is 5.48 Å². The van der Waals surface area contributed by atoms with Crippen LogP contribution in [0.3, 0.4) is 0 Å². The van der Waals surface area contributed by atoms with E-state index in [1.165, 1.54) is 0 Å². The molecule has 6 N–H and O–H groups in total. The van der Waals surface area contributed by atoms with Gasteiger partial charge in [-0.3, -0.25) is 0 Å². The van der Waals surface area contributed by atoms with Gasteiger partial charge in [-0.25, -0.2) is 0 Å². The Labute approximate surface area is 124 Å². The van der Waals surface area contributed by atoms with Gasteiger partial charge in [0.1, 0.15) is 6.17 Å². The van der Waals surface area contributed by atoms with E-state index in [4.69, 9.17) is 16.7 Å². The van der Waals surface area contributed by atoms with E-state index in [0.29, 0.717) is 5.69 Å². The minimum atomic E-state index is -0.605. The normalized spacial score (nSPS) is 12.5. The van der Waals surface area contributed by atoms with Crippen LogP contribution in [-0.2, 0) is 0 Å². The van der Waals surface area contributed by atoms with E-state index in [9.17, 15) is 0 Å². The summed E-state index contributed by atoms with van der Waals surface area (Å²) in [6.45, 7) is 4.03. The number of benzene rings is 2. The van der Waals surface area contributed by atoms with Crippen molar-refractivity contribution in [3.8, 4) is 0 Å². The van der Waals surface area contributed by atoms with Crippen LogP contribution in [0.5, 0.6) is 0 Å². The summed E-state index contributed by atoms with van der Waals surface area (Å²) in [5.74, 6) is 0. The Balaban J connectivity index is 2.18. The summed E-state index contributed by atoms with van der Waals surface area (Å²) in [4.78, 5) is 0. The average molecular weight is 281 g/mol. The first-order valence-corrected chi connectivity index (χ1v) is 6.59. The second kappa shape index (κ2) is 6.85. The molecule has 0 spiro atoms. The minimum absolute atomic E-state index is 0.605. The van der Waals surface area contributed by atoms with Crippen LogP contribution in [0, 0.1) is 0 Å². The number of hydrogen-bond acceptors (Lipinski definition) is 4. The first kappa shape index (κ1) is 15.0. The number of nitrogens with one attached hydrogen (secondary N) is 1. The molecule has 0 fully saturated rings. The Morgan fingerprint density at radius 1 is 1.19 bits per heavy atom. The Hall–Kier alpha value is -2.40. The van der Waals surface area contributed by atoms with Gasteiger partial charge in [0.15, 0.2) is 0 Å². The highest BCUT2D eigenvalue weighted by Crippen LogP contribution is 2.21. The zero-order valence-electron chi connectivity index (χ0n) is 11.7. The first-order chi connectivity index (χ1) is 10.1. The molecular weight excluding hydrogens is 262 g/mol. The summed E-state index contributed by atoms with van der Waals surface area (Å²) in [6, 6.07) is 15.2. The van der Waals surface area contributed by atoms with Crippen LogP contribution in [0.2, 0.25) is 0 Å². The van der Waals surface area contributed by atoms with Crippen molar-refractivity contribution in [2.45, 2.75) is 6.17 Å². The number of hydrogen-bond donors (Lipinski definition) is 4. The number of nitrogens with two attached hydrogens (primary N) is 2. The predicted octanol–water partition coefficient (Wildman–Crippen LogP) is 2.93. The molecule has 2 aromatic rings. The van der Waals surface area contributed by atoms with Gasteiger partial charge in [0, 0.05) is 11.3 Å². The second-order valence-electron chi connectivity index (χ2n) is 4.72. The van der Waals surface area contributed by atoms with Crippen LogP contribution >= 0.6 is 0 Å². The average Bonchev–Trinajstić information content (AvgIpc) is 2.52. The van der Waals surface area contributed by atoms with Crippen LogP contribution in [0.15, 0.2) is 61.2 Å². The van der Waals surface area contributed by atoms with Crippen molar-refractivity contribution < 1.29 is 5.21 Å². The van der Waals surface area contributed by atoms with E-state index in [2.05, 4.69) is 6.58 Å². The monoisotopic (exact) mass is 281 g/mol. The molecule has 0 bridgehead atoms. The van der Waals surface area contributed by atoms with Crippen molar-refractivity contribution in [1.82, 2.24) is 5.48 Å². The van der Waals surface area contributed by atoms with Crippen molar-refractivity contribution in [3.63, 3.8) is 0 Å². The van der Waals surface area contributed by atoms with Crippen LogP contribution in [0.1, 0.15) is 22.9 Å². The van der Waals surface area contributed by atoms with Crippen molar-refractivity contribution in [1.29, 1.82) is 0 Å². The maximum atomic E-state index is 8.86. The predicted molar refractivity (Wildman–Crippen MR) is 87.2 cm³/mol. The van der Waals surface area contributed by atoms with Crippen molar-refractivity contribution in [3.05, 3.63) is 77.9 Å². The fraction of sp³-hybridized carbons (Fsp3) is 0.0588. The lowest BCUT2D eigenvalue weighted by molar-refractivity contribution is 0.128. The van der Waals surface area contributed by atoms with Crippen molar-refractivity contribution in [2.75, 3.05) is 5.73 Å². The fourth-order valence-corrected chi connectivity index (χ4v) is 2.01. The molecule has 0 aliphatic heterocycles. The molecule has 0 saturated heterocycles. The van der Waals surface area contributed by atoms with Gasteiger partial charge in [-0.05, 0) is 28.8 Å². The summed E-state index contributed by atoms with van der Waals surface area (Å²) >= 11 is 0. The Bertz CT molecular complexity index is 665. The number of allylic oxidation sites excluding steroid dienone is 2. The molecule has 0 heterocycles. The molecule has 21 heavy (non-hydrogen) atoms. The summed E-state index contributed by atoms with van der Waals surface area (Å²) in [7, 11) is 0. The van der Waals surface area contributed by atoms with Crippen molar-refractivity contribution >= 4 is 17.3 Å². The van der Waals surface area contributed by atoms with E-state index in [-0.39, 0.29) is 0 Å². The highest BCUT2D eigenvalue weighted by molar-refractivity contribution is 5.82. The molecule has 4 heteroatoms. The summed E-state index contributed by atoms with van der Waals surface area (Å²) in [5.41, 5.74) is 17.9. The van der Waals surface area contributed by atoms with Crippen molar-refractivity contribution in [2.24, 2.45) is 5.73 Å². The highest BCUT2D eigenvalue weighted by Gasteiger charge is 2.03. The van der Waals surface area contributed by atoms with Crippen LogP contribution in [0.25, 0.3) is 11.6 Å². The third-order valence-electron chi connectivity index (χ3n) is 3.19. The third-order valence-corrected chi connectivity index (χ3v) is 3.19. The highest BCUT2D eigenvalue weighted by atomic mass is 16.5. The van der Waals surface area contributed by atoms with Gasteiger partial charge in [0.05, 0.1) is 0 Å². The lowest BCUT2D eigenvalue weighted by atomic mass is 10.0. The molecule has 0 aliphatic carbocycles. The van der Waals surface area contributed by atoms with Gasteiger partial charge in [-0.15, -0.1) is 0 Å². The molecule has 0 aliphatic rings. The van der Waals surface area contributed by atoms with E-state index in [1.807, 2.05) is 66.2 Å². The SMILES string of the molecule is C=C(/C=C/c1cccc(C(N)NO)c1)c1ccccc1N. The Kier molecular flexibility index (Phi) is 4.90. The zero-order chi connectivity index (χ0) is 15.2. The minimum Gasteiger partial charge on any atom is -0.398 e. The number of nitrogen functional groups attached to an aromatic ring is 1. The standard InChI is InChI=1S/C17H19N3O/c1-12(15-7-2-3-8-16(15)18)9-10-13-5-4-6-14(11-13)17(19)20-21/h2-11,17,20-21H,1,18-19H2/b10-9+. The number of hydroxylamine groups is 1. The summed E-state index contributed by atoms with van der Waals surface area (Å²) in [6.07, 6.45) is 3.23. The molecule has 0 amide bonds. The second-order valence-corrected chi connectivity index (χ2v) is 4.72. The van der Waals surface area contributed by atoms with Gasteiger partial charge >= 0.3 is 0 Å².